The first-order valence-electron chi connectivity index (χ1n) is 10.1. The van der Waals surface area contributed by atoms with Crippen LogP contribution in [0.3, 0.4) is 0 Å². The summed E-state index contributed by atoms with van der Waals surface area (Å²) in [6.07, 6.45) is -1.52. The van der Waals surface area contributed by atoms with E-state index in [1.54, 1.807) is 13.8 Å². The van der Waals surface area contributed by atoms with Crippen molar-refractivity contribution in [1.82, 2.24) is 0 Å². The minimum atomic E-state index is -2.14. The molecule has 3 saturated carbocycles. The van der Waals surface area contributed by atoms with Crippen molar-refractivity contribution in [3.63, 3.8) is 0 Å². The second-order valence-electron chi connectivity index (χ2n) is 9.70. The van der Waals surface area contributed by atoms with Crippen molar-refractivity contribution in [3.05, 3.63) is 11.6 Å². The van der Waals surface area contributed by atoms with E-state index < -0.39 is 58.6 Å². The lowest BCUT2D eigenvalue weighted by atomic mass is 9.43. The molecule has 0 aromatic carbocycles. The smallest absolute Gasteiger partial charge is 0.190 e. The summed E-state index contributed by atoms with van der Waals surface area (Å²) in [5, 5.41) is 31.5. The molecule has 3 fully saturated rings. The third-order valence-corrected chi connectivity index (χ3v) is 8.78. The van der Waals surface area contributed by atoms with Crippen molar-refractivity contribution in [2.24, 2.45) is 22.7 Å². The van der Waals surface area contributed by atoms with Gasteiger partial charge in [0.2, 0.25) is 0 Å². The molecule has 3 N–H and O–H groups in total. The summed E-state index contributed by atoms with van der Waals surface area (Å²) < 4.78 is 32.0. The van der Waals surface area contributed by atoms with E-state index in [0.717, 1.165) is 0 Å². The molecule has 0 heterocycles. The summed E-state index contributed by atoms with van der Waals surface area (Å²) >= 11 is 0. The number of ketones is 2. The molecule has 5 nitrogen and oxygen atoms in total. The van der Waals surface area contributed by atoms with Crippen LogP contribution in [0.5, 0.6) is 0 Å². The lowest BCUT2D eigenvalue weighted by molar-refractivity contribution is -0.231. The number of hydrogen-bond acceptors (Lipinski definition) is 5. The fourth-order valence-corrected chi connectivity index (χ4v) is 7.15. The van der Waals surface area contributed by atoms with Gasteiger partial charge in [0.15, 0.2) is 11.6 Å². The molecule has 4 aliphatic carbocycles. The van der Waals surface area contributed by atoms with E-state index >= 15 is 8.78 Å². The third-order valence-electron chi connectivity index (χ3n) is 8.78. The number of allylic oxidation sites excluding steroid dienone is 1. The third kappa shape index (κ3) is 2.10. The van der Waals surface area contributed by atoms with Gasteiger partial charge in [0.05, 0.1) is 6.10 Å². The number of fused-ring (bicyclic) bond motifs is 5. The number of halogens is 2. The van der Waals surface area contributed by atoms with E-state index in [1.165, 1.54) is 6.08 Å². The molecule has 156 valence electrons. The van der Waals surface area contributed by atoms with Crippen molar-refractivity contribution < 1.29 is 33.7 Å². The highest BCUT2D eigenvalue weighted by atomic mass is 19.1. The van der Waals surface area contributed by atoms with Gasteiger partial charge in [0.1, 0.15) is 24.0 Å². The average Bonchev–Trinajstić information content (AvgIpc) is 2.91. The molecule has 0 radical (unpaired) electrons. The Morgan fingerprint density at radius 1 is 1.29 bits per heavy atom. The summed E-state index contributed by atoms with van der Waals surface area (Å²) in [4.78, 5) is 24.2. The van der Waals surface area contributed by atoms with Crippen molar-refractivity contribution in [1.29, 1.82) is 0 Å². The van der Waals surface area contributed by atoms with Gasteiger partial charge in [0.25, 0.3) is 0 Å². The van der Waals surface area contributed by atoms with Crippen LogP contribution in [0.15, 0.2) is 11.6 Å². The average molecular weight is 398 g/mol. The highest BCUT2D eigenvalue weighted by molar-refractivity contribution is 5.92. The molecule has 7 heteroatoms. The number of carbonyl (C=O) groups is 2. The van der Waals surface area contributed by atoms with Gasteiger partial charge in [-0.05, 0) is 49.7 Å². The molecule has 0 spiro atoms. The molecule has 2 unspecified atom stereocenters. The Labute approximate surface area is 162 Å². The molecule has 0 aromatic rings. The number of Topliss-reactive ketones (excluding diaryl/α,β-unsaturated/α-hetero) is 1. The van der Waals surface area contributed by atoms with Crippen LogP contribution in [0.4, 0.5) is 8.78 Å². The number of alkyl halides is 2. The van der Waals surface area contributed by atoms with Crippen LogP contribution in [0.1, 0.15) is 52.4 Å². The van der Waals surface area contributed by atoms with E-state index in [2.05, 4.69) is 0 Å². The van der Waals surface area contributed by atoms with E-state index in [1.807, 2.05) is 0 Å². The Morgan fingerprint density at radius 2 is 1.96 bits per heavy atom. The highest BCUT2D eigenvalue weighted by Gasteiger charge is 2.75. The largest absolute Gasteiger partial charge is 0.390 e. The maximum Gasteiger partial charge on any atom is 0.190 e. The van der Waals surface area contributed by atoms with E-state index in [0.29, 0.717) is 6.42 Å². The number of aliphatic hydroxyl groups is 3. The van der Waals surface area contributed by atoms with Gasteiger partial charge in [0, 0.05) is 23.2 Å². The highest BCUT2D eigenvalue weighted by Crippen LogP contribution is 2.70. The zero-order chi connectivity index (χ0) is 20.7. The van der Waals surface area contributed by atoms with Crippen LogP contribution in [0.2, 0.25) is 0 Å². The van der Waals surface area contributed by atoms with E-state index in [-0.39, 0.29) is 43.5 Å². The second-order valence-corrected chi connectivity index (χ2v) is 9.70. The molecule has 28 heavy (non-hydrogen) atoms. The van der Waals surface area contributed by atoms with Crippen LogP contribution in [-0.4, -0.2) is 57.0 Å². The number of hydrogen-bond donors (Lipinski definition) is 3. The molecular formula is C21H28F2O5. The van der Waals surface area contributed by atoms with Crippen LogP contribution < -0.4 is 0 Å². The molecular weight excluding hydrogens is 370 g/mol. The quantitative estimate of drug-likeness (QED) is 0.660. The first-order chi connectivity index (χ1) is 13.0. The Hall–Kier alpha value is -1.18. The van der Waals surface area contributed by atoms with Crippen molar-refractivity contribution in [2.45, 2.75) is 75.9 Å². The summed E-state index contributed by atoms with van der Waals surface area (Å²) in [6.45, 7) is 2.40. The Kier molecular flexibility index (Phi) is 4.25. The fraction of sp³-hybridized carbons (Fsp3) is 0.810. The van der Waals surface area contributed by atoms with Gasteiger partial charge in [-0.25, -0.2) is 8.78 Å². The number of aliphatic hydroxyl groups excluding tert-OH is 2. The molecule has 4 aliphatic rings. The predicted octanol–water partition coefficient (Wildman–Crippen LogP) is 1.82. The molecule has 0 bridgehead atoms. The van der Waals surface area contributed by atoms with Crippen LogP contribution in [-0.2, 0) is 9.59 Å². The molecule has 0 aliphatic heterocycles. The lowest BCUT2D eigenvalue weighted by Crippen LogP contribution is -2.70. The maximum absolute atomic E-state index is 16.8. The van der Waals surface area contributed by atoms with E-state index in [9.17, 15) is 24.9 Å². The summed E-state index contributed by atoms with van der Waals surface area (Å²) in [5.41, 5.74) is -6.32. The lowest BCUT2D eigenvalue weighted by Gasteiger charge is -2.63. The minimum absolute atomic E-state index is 0.0573. The van der Waals surface area contributed by atoms with Crippen molar-refractivity contribution >= 4 is 11.6 Å². The van der Waals surface area contributed by atoms with Crippen LogP contribution in [0, 0.1) is 22.7 Å². The normalized spacial score (nSPS) is 53.1. The van der Waals surface area contributed by atoms with Crippen molar-refractivity contribution in [2.75, 3.05) is 6.61 Å². The van der Waals surface area contributed by atoms with Crippen LogP contribution in [0.25, 0.3) is 0 Å². The molecule has 4 rings (SSSR count). The summed E-state index contributed by atoms with van der Waals surface area (Å²) in [7, 11) is 0. The molecule has 0 amide bonds. The van der Waals surface area contributed by atoms with Gasteiger partial charge in [-0.2, -0.15) is 0 Å². The maximum atomic E-state index is 16.8. The summed E-state index contributed by atoms with van der Waals surface area (Å²) in [5.74, 6) is -2.35. The fourth-order valence-electron chi connectivity index (χ4n) is 7.15. The van der Waals surface area contributed by atoms with Crippen LogP contribution >= 0.6 is 0 Å². The number of carbonyl (C=O) groups excluding carboxylic acids is 2. The molecule has 8 atom stereocenters. The van der Waals surface area contributed by atoms with Gasteiger partial charge < -0.3 is 15.3 Å². The van der Waals surface area contributed by atoms with Gasteiger partial charge >= 0.3 is 0 Å². The molecule has 0 aromatic heterocycles. The topological polar surface area (TPSA) is 94.8 Å². The second kappa shape index (κ2) is 5.92. The van der Waals surface area contributed by atoms with Gasteiger partial charge in [-0.3, -0.25) is 9.59 Å². The Morgan fingerprint density at radius 3 is 2.61 bits per heavy atom. The Balaban J connectivity index is 1.83. The standard InChI is InChI=1S/C21H28F2O5/c1-18-5-3-11(25)7-14(18)15(22)8-13-12-4-6-20(28,17(27)10-24)19(12,2)9-16(26)21(13,18)23/h7,12-13,15-16,24,26,28H,3-6,8-10H2,1-2H3/t12-,13-,15?,16?,18-,19-,20-,21-/m0/s1. The summed E-state index contributed by atoms with van der Waals surface area (Å²) in [6, 6.07) is 0. The zero-order valence-electron chi connectivity index (χ0n) is 16.3. The predicted molar refractivity (Wildman–Crippen MR) is 95.8 cm³/mol. The number of rotatable bonds is 2. The van der Waals surface area contributed by atoms with Gasteiger partial charge in [-0.1, -0.05) is 13.8 Å². The Bertz CT molecular complexity index is 768. The monoisotopic (exact) mass is 398 g/mol. The van der Waals surface area contributed by atoms with Crippen molar-refractivity contribution in [3.8, 4) is 0 Å². The first-order valence-corrected chi connectivity index (χ1v) is 10.1. The molecule has 0 saturated heterocycles. The minimum Gasteiger partial charge on any atom is -0.390 e. The SMILES string of the molecule is C[C@]12CCC(=O)C=C1C(F)C[C@H]1[C@@H]3CC[C@](O)(C(=O)CO)[C@@]3(C)CC(O)[C@@]12F. The zero-order valence-corrected chi connectivity index (χ0v) is 16.3. The van der Waals surface area contributed by atoms with E-state index in [4.69, 9.17) is 0 Å². The van der Waals surface area contributed by atoms with Gasteiger partial charge in [-0.15, -0.1) is 0 Å². The first kappa shape index (κ1) is 20.1.